The SMILES string of the molecule is COc1cc(C#N)ccc1OCCCC(=O)NCc1cccc(OCCN(C)C2CCOCC2)c1. The smallest absolute Gasteiger partial charge is 0.220 e. The molecule has 1 heterocycles. The molecule has 8 nitrogen and oxygen atoms in total. The van der Waals surface area contributed by atoms with E-state index in [1.165, 1.54) is 7.11 Å². The van der Waals surface area contributed by atoms with Crippen LogP contribution in [0.2, 0.25) is 0 Å². The summed E-state index contributed by atoms with van der Waals surface area (Å²) in [6.07, 6.45) is 3.06. The van der Waals surface area contributed by atoms with Gasteiger partial charge in [0.25, 0.3) is 0 Å². The Kier molecular flexibility index (Phi) is 10.7. The molecule has 0 aliphatic carbocycles. The number of carbonyl (C=O) groups excluding carboxylic acids is 1. The normalized spacial score (nSPS) is 13.8. The Morgan fingerprint density at radius 1 is 1.14 bits per heavy atom. The van der Waals surface area contributed by atoms with Crippen molar-refractivity contribution < 1.29 is 23.7 Å². The van der Waals surface area contributed by atoms with E-state index in [0.717, 1.165) is 43.9 Å². The number of nitrogens with zero attached hydrogens (tertiary/aromatic N) is 2. The average Bonchev–Trinajstić information content (AvgIpc) is 2.90. The first-order valence-corrected chi connectivity index (χ1v) is 12.1. The zero-order chi connectivity index (χ0) is 24.9. The summed E-state index contributed by atoms with van der Waals surface area (Å²) in [6, 6.07) is 15.5. The van der Waals surface area contributed by atoms with Crippen LogP contribution in [0.1, 0.15) is 36.8 Å². The molecule has 2 aromatic rings. The molecule has 1 saturated heterocycles. The number of likely N-dealkylation sites (N-methyl/N-ethyl adjacent to an activating group) is 1. The number of benzene rings is 2. The van der Waals surface area contributed by atoms with Gasteiger partial charge in [-0.25, -0.2) is 0 Å². The van der Waals surface area contributed by atoms with Crippen LogP contribution in [-0.4, -0.2) is 64.0 Å². The minimum atomic E-state index is -0.0372. The van der Waals surface area contributed by atoms with Crippen LogP contribution in [0.4, 0.5) is 0 Å². The molecule has 1 fully saturated rings. The van der Waals surface area contributed by atoms with E-state index in [1.807, 2.05) is 24.3 Å². The van der Waals surface area contributed by atoms with Crippen molar-refractivity contribution in [3.05, 3.63) is 53.6 Å². The molecule has 0 spiro atoms. The number of nitrogens with one attached hydrogen (secondary N) is 1. The van der Waals surface area contributed by atoms with E-state index in [4.69, 9.17) is 24.2 Å². The van der Waals surface area contributed by atoms with Gasteiger partial charge in [-0.05, 0) is 56.1 Å². The minimum Gasteiger partial charge on any atom is -0.493 e. The Bertz CT molecular complexity index is 985. The Morgan fingerprint density at radius 2 is 1.97 bits per heavy atom. The highest BCUT2D eigenvalue weighted by Gasteiger charge is 2.18. The van der Waals surface area contributed by atoms with E-state index in [9.17, 15) is 4.79 Å². The zero-order valence-corrected chi connectivity index (χ0v) is 20.6. The number of rotatable bonds is 13. The summed E-state index contributed by atoms with van der Waals surface area (Å²) in [5.74, 6) is 1.83. The first kappa shape index (κ1) is 26.3. The van der Waals surface area contributed by atoms with Crippen molar-refractivity contribution in [3.8, 4) is 23.3 Å². The quantitative estimate of drug-likeness (QED) is 0.438. The molecule has 0 unspecified atom stereocenters. The second-order valence-electron chi connectivity index (χ2n) is 8.53. The Morgan fingerprint density at radius 3 is 2.74 bits per heavy atom. The molecule has 3 rings (SSSR count). The van der Waals surface area contributed by atoms with Gasteiger partial charge in [0.05, 0.1) is 25.3 Å². The minimum absolute atomic E-state index is 0.0372. The lowest BCUT2D eigenvalue weighted by molar-refractivity contribution is -0.121. The standard InChI is InChI=1S/C27H35N3O5/c1-30(23-10-14-33-15-11-23)12-16-34-24-6-3-5-22(17-24)20-29-27(31)7-4-13-35-25-9-8-21(19-28)18-26(25)32-2/h3,5-6,8-9,17-18,23H,4,7,10-16,20H2,1-2H3,(H,29,31). The molecule has 8 heteroatoms. The zero-order valence-electron chi connectivity index (χ0n) is 20.6. The van der Waals surface area contributed by atoms with Crippen molar-refractivity contribution in [2.24, 2.45) is 0 Å². The summed E-state index contributed by atoms with van der Waals surface area (Å²) in [6.45, 7) is 3.98. The molecule has 188 valence electrons. The van der Waals surface area contributed by atoms with Crippen molar-refractivity contribution in [1.29, 1.82) is 5.26 Å². The lowest BCUT2D eigenvalue weighted by Gasteiger charge is -2.31. The Balaban J connectivity index is 1.33. The maximum Gasteiger partial charge on any atom is 0.220 e. The highest BCUT2D eigenvalue weighted by atomic mass is 16.5. The number of carbonyl (C=O) groups is 1. The third-order valence-electron chi connectivity index (χ3n) is 6.01. The van der Waals surface area contributed by atoms with Gasteiger partial charge in [0.15, 0.2) is 11.5 Å². The molecular weight excluding hydrogens is 446 g/mol. The molecular formula is C27H35N3O5. The third-order valence-corrected chi connectivity index (χ3v) is 6.01. The average molecular weight is 482 g/mol. The van der Waals surface area contributed by atoms with Crippen LogP contribution in [0.3, 0.4) is 0 Å². The van der Waals surface area contributed by atoms with E-state index < -0.39 is 0 Å². The molecule has 0 radical (unpaired) electrons. The van der Waals surface area contributed by atoms with Crippen LogP contribution in [0.5, 0.6) is 17.2 Å². The Labute approximate surface area is 207 Å². The van der Waals surface area contributed by atoms with Gasteiger partial charge in [-0.3, -0.25) is 9.69 Å². The predicted molar refractivity (Wildman–Crippen MR) is 133 cm³/mol. The number of amides is 1. The predicted octanol–water partition coefficient (Wildman–Crippen LogP) is 3.53. The van der Waals surface area contributed by atoms with E-state index in [-0.39, 0.29) is 5.91 Å². The van der Waals surface area contributed by atoms with Gasteiger partial charge in [-0.1, -0.05) is 12.1 Å². The van der Waals surface area contributed by atoms with Crippen LogP contribution in [-0.2, 0) is 16.1 Å². The lowest BCUT2D eigenvalue weighted by Crippen LogP contribution is -2.38. The summed E-state index contributed by atoms with van der Waals surface area (Å²) in [5.41, 5.74) is 1.50. The van der Waals surface area contributed by atoms with Crippen LogP contribution in [0.25, 0.3) is 0 Å². The van der Waals surface area contributed by atoms with Crippen molar-refractivity contribution in [2.75, 3.05) is 47.1 Å². The van der Waals surface area contributed by atoms with E-state index in [1.54, 1.807) is 18.2 Å². The second-order valence-corrected chi connectivity index (χ2v) is 8.53. The molecule has 0 bridgehead atoms. The molecule has 35 heavy (non-hydrogen) atoms. The van der Waals surface area contributed by atoms with Crippen LogP contribution < -0.4 is 19.5 Å². The summed E-state index contributed by atoms with van der Waals surface area (Å²) >= 11 is 0. The van der Waals surface area contributed by atoms with Gasteiger partial charge in [0.2, 0.25) is 5.91 Å². The largest absolute Gasteiger partial charge is 0.493 e. The topological polar surface area (TPSA) is 93.0 Å². The maximum atomic E-state index is 12.2. The van der Waals surface area contributed by atoms with Crippen molar-refractivity contribution >= 4 is 5.91 Å². The first-order chi connectivity index (χ1) is 17.1. The molecule has 0 atom stereocenters. The summed E-state index contributed by atoms with van der Waals surface area (Å²) in [7, 11) is 3.67. The fourth-order valence-corrected chi connectivity index (χ4v) is 3.92. The number of hydrogen-bond acceptors (Lipinski definition) is 7. The van der Waals surface area contributed by atoms with Crippen LogP contribution >= 0.6 is 0 Å². The van der Waals surface area contributed by atoms with Gasteiger partial charge in [0, 0.05) is 44.8 Å². The van der Waals surface area contributed by atoms with Crippen molar-refractivity contribution in [2.45, 2.75) is 38.3 Å². The van der Waals surface area contributed by atoms with E-state index >= 15 is 0 Å². The summed E-state index contributed by atoms with van der Waals surface area (Å²) in [4.78, 5) is 14.6. The van der Waals surface area contributed by atoms with Crippen molar-refractivity contribution in [3.63, 3.8) is 0 Å². The molecule has 2 aromatic carbocycles. The summed E-state index contributed by atoms with van der Waals surface area (Å²) < 4.78 is 22.3. The molecule has 0 saturated carbocycles. The molecule has 1 N–H and O–H groups in total. The van der Waals surface area contributed by atoms with Gasteiger partial charge >= 0.3 is 0 Å². The molecule has 1 amide bonds. The second kappa shape index (κ2) is 14.2. The Hall–Kier alpha value is -3.28. The van der Waals surface area contributed by atoms with Gasteiger partial charge in [-0.2, -0.15) is 5.26 Å². The molecule has 0 aromatic heterocycles. The maximum absolute atomic E-state index is 12.2. The van der Waals surface area contributed by atoms with E-state index in [2.05, 4.69) is 23.3 Å². The van der Waals surface area contributed by atoms with Gasteiger partial charge in [0.1, 0.15) is 12.4 Å². The van der Waals surface area contributed by atoms with Gasteiger partial charge < -0.3 is 24.3 Å². The van der Waals surface area contributed by atoms with Crippen LogP contribution in [0, 0.1) is 11.3 Å². The number of ether oxygens (including phenoxy) is 4. The molecule has 1 aliphatic heterocycles. The summed E-state index contributed by atoms with van der Waals surface area (Å²) in [5, 5.41) is 11.9. The fourth-order valence-electron chi connectivity index (χ4n) is 3.92. The van der Waals surface area contributed by atoms with E-state index in [0.29, 0.717) is 55.7 Å². The highest BCUT2D eigenvalue weighted by molar-refractivity contribution is 5.75. The number of methoxy groups -OCH3 is 1. The fraction of sp³-hybridized carbons (Fsp3) is 0.481. The van der Waals surface area contributed by atoms with Crippen LogP contribution in [0.15, 0.2) is 42.5 Å². The first-order valence-electron chi connectivity index (χ1n) is 12.1. The monoisotopic (exact) mass is 481 g/mol. The van der Waals surface area contributed by atoms with Crippen molar-refractivity contribution in [1.82, 2.24) is 10.2 Å². The highest BCUT2D eigenvalue weighted by Crippen LogP contribution is 2.28. The number of nitriles is 1. The van der Waals surface area contributed by atoms with Gasteiger partial charge in [-0.15, -0.1) is 0 Å². The lowest BCUT2D eigenvalue weighted by atomic mass is 10.1. The molecule has 1 aliphatic rings. The number of hydrogen-bond donors (Lipinski definition) is 1. The third kappa shape index (κ3) is 8.78.